The number of aromatic nitrogens is 4. The zero-order valence-corrected chi connectivity index (χ0v) is 13.9. The highest BCUT2D eigenvalue weighted by molar-refractivity contribution is 5.71. The van der Waals surface area contributed by atoms with Gasteiger partial charge in [0.05, 0.1) is 0 Å². The summed E-state index contributed by atoms with van der Waals surface area (Å²) in [7, 11) is 0. The van der Waals surface area contributed by atoms with Gasteiger partial charge in [-0.15, -0.1) is 0 Å². The van der Waals surface area contributed by atoms with Crippen molar-refractivity contribution in [2.75, 3.05) is 0 Å². The molecule has 23 heavy (non-hydrogen) atoms. The highest BCUT2D eigenvalue weighted by Crippen LogP contribution is 2.33. The Morgan fingerprint density at radius 2 is 1.65 bits per heavy atom. The first-order valence-electron chi connectivity index (χ1n) is 8.87. The predicted molar refractivity (Wildman–Crippen MR) is 89.1 cm³/mol. The molecule has 4 rings (SSSR count). The van der Waals surface area contributed by atoms with Crippen LogP contribution in [-0.4, -0.2) is 18.7 Å². The fourth-order valence-electron chi connectivity index (χ4n) is 3.77. The van der Waals surface area contributed by atoms with E-state index < -0.39 is 0 Å². The Bertz CT molecular complexity index is 865. The van der Waals surface area contributed by atoms with Crippen LogP contribution in [0.15, 0.2) is 9.59 Å². The number of rotatable bonds is 4. The van der Waals surface area contributed by atoms with Gasteiger partial charge >= 0.3 is 5.69 Å². The van der Waals surface area contributed by atoms with Gasteiger partial charge < -0.3 is 4.57 Å². The lowest BCUT2D eigenvalue weighted by Crippen LogP contribution is -2.46. The third-order valence-corrected chi connectivity index (χ3v) is 5.53. The molecule has 0 radical (unpaired) electrons. The molecule has 2 aromatic rings. The van der Waals surface area contributed by atoms with Crippen molar-refractivity contribution in [2.24, 2.45) is 0 Å². The van der Waals surface area contributed by atoms with Crippen LogP contribution in [0.1, 0.15) is 69.8 Å². The van der Waals surface area contributed by atoms with Crippen LogP contribution in [-0.2, 0) is 6.54 Å². The van der Waals surface area contributed by atoms with Crippen LogP contribution in [0, 0.1) is 6.92 Å². The van der Waals surface area contributed by atoms with Gasteiger partial charge in [0.2, 0.25) is 0 Å². The van der Waals surface area contributed by atoms with Crippen molar-refractivity contribution in [3.05, 3.63) is 26.7 Å². The average molecular weight is 316 g/mol. The number of hydrogen-bond acceptors (Lipinski definition) is 3. The standard InChI is InChI=1S/C17H24N4O2/c1-3-10-19-11(2)18-15-14(19)16(22)21(13-8-5-9-13)17(23)20(15)12-6-4-7-12/h12-13H,3-10H2,1-2H3. The summed E-state index contributed by atoms with van der Waals surface area (Å²) in [6.45, 7) is 4.79. The predicted octanol–water partition coefficient (Wildman–Crippen LogP) is 2.53. The van der Waals surface area contributed by atoms with E-state index in [2.05, 4.69) is 11.9 Å². The molecule has 2 aliphatic carbocycles. The summed E-state index contributed by atoms with van der Waals surface area (Å²) in [6.07, 6.45) is 7.09. The number of imidazole rings is 1. The molecule has 124 valence electrons. The van der Waals surface area contributed by atoms with Gasteiger partial charge in [-0.2, -0.15) is 0 Å². The van der Waals surface area contributed by atoms with Gasteiger partial charge in [0.15, 0.2) is 11.2 Å². The summed E-state index contributed by atoms with van der Waals surface area (Å²) in [4.78, 5) is 30.7. The summed E-state index contributed by atoms with van der Waals surface area (Å²) in [6, 6.07) is 0.289. The Kier molecular flexibility index (Phi) is 3.43. The molecule has 0 bridgehead atoms. The number of hydrogen-bond donors (Lipinski definition) is 0. The monoisotopic (exact) mass is 316 g/mol. The highest BCUT2D eigenvalue weighted by atomic mass is 16.2. The Hall–Kier alpha value is -1.85. The summed E-state index contributed by atoms with van der Waals surface area (Å²) >= 11 is 0. The molecule has 6 nitrogen and oxygen atoms in total. The van der Waals surface area contributed by atoms with E-state index in [1.54, 1.807) is 0 Å². The Balaban J connectivity index is 2.07. The van der Waals surface area contributed by atoms with Crippen molar-refractivity contribution >= 4 is 11.2 Å². The lowest BCUT2D eigenvalue weighted by molar-refractivity contribution is 0.265. The minimum atomic E-state index is -0.141. The Labute approximate surface area is 134 Å². The molecule has 0 atom stereocenters. The van der Waals surface area contributed by atoms with Gasteiger partial charge in [-0.25, -0.2) is 9.78 Å². The molecule has 0 aliphatic heterocycles. The zero-order chi connectivity index (χ0) is 16.1. The summed E-state index contributed by atoms with van der Waals surface area (Å²) < 4.78 is 5.34. The van der Waals surface area contributed by atoms with Crippen LogP contribution in [0.25, 0.3) is 11.2 Å². The first kappa shape index (κ1) is 14.7. The van der Waals surface area contributed by atoms with E-state index in [1.165, 1.54) is 4.57 Å². The van der Waals surface area contributed by atoms with E-state index in [1.807, 2.05) is 16.1 Å². The molecule has 6 heteroatoms. The van der Waals surface area contributed by atoms with E-state index in [0.717, 1.165) is 57.3 Å². The molecule has 0 spiro atoms. The quantitative estimate of drug-likeness (QED) is 0.871. The van der Waals surface area contributed by atoms with Gasteiger partial charge in [-0.3, -0.25) is 13.9 Å². The summed E-state index contributed by atoms with van der Waals surface area (Å²) in [5.74, 6) is 0.831. The number of fused-ring (bicyclic) bond motifs is 1. The Morgan fingerprint density at radius 3 is 2.17 bits per heavy atom. The maximum atomic E-state index is 13.1. The summed E-state index contributed by atoms with van der Waals surface area (Å²) in [5.41, 5.74) is 0.950. The topological polar surface area (TPSA) is 61.8 Å². The van der Waals surface area contributed by atoms with E-state index >= 15 is 0 Å². The molecule has 0 saturated heterocycles. The fraction of sp³-hybridized carbons (Fsp3) is 0.706. The van der Waals surface area contributed by atoms with Crippen molar-refractivity contribution in [3.8, 4) is 0 Å². The van der Waals surface area contributed by atoms with E-state index in [0.29, 0.717) is 11.2 Å². The Morgan fingerprint density at radius 1 is 1.04 bits per heavy atom. The van der Waals surface area contributed by atoms with Gasteiger partial charge in [0.25, 0.3) is 5.56 Å². The van der Waals surface area contributed by atoms with E-state index in [-0.39, 0.29) is 23.3 Å². The smallest absolute Gasteiger partial charge is 0.322 e. The third kappa shape index (κ3) is 2.03. The van der Waals surface area contributed by atoms with Crippen LogP contribution in [0.2, 0.25) is 0 Å². The maximum Gasteiger partial charge on any atom is 0.333 e. The molecule has 0 amide bonds. The minimum absolute atomic E-state index is 0.0796. The first-order valence-corrected chi connectivity index (χ1v) is 8.87. The van der Waals surface area contributed by atoms with Gasteiger partial charge in [-0.1, -0.05) is 6.92 Å². The van der Waals surface area contributed by atoms with Crippen molar-refractivity contribution in [1.82, 2.24) is 18.7 Å². The second kappa shape index (κ2) is 5.35. The van der Waals surface area contributed by atoms with Crippen molar-refractivity contribution in [3.63, 3.8) is 0 Å². The number of aryl methyl sites for hydroxylation is 2. The molecule has 2 aliphatic rings. The van der Waals surface area contributed by atoms with Gasteiger partial charge in [-0.05, 0) is 51.9 Å². The van der Waals surface area contributed by atoms with E-state index in [9.17, 15) is 9.59 Å². The van der Waals surface area contributed by atoms with Crippen LogP contribution < -0.4 is 11.2 Å². The number of nitrogens with zero attached hydrogens (tertiary/aromatic N) is 4. The van der Waals surface area contributed by atoms with Crippen molar-refractivity contribution in [1.29, 1.82) is 0 Å². The maximum absolute atomic E-state index is 13.1. The van der Waals surface area contributed by atoms with Crippen LogP contribution in [0.3, 0.4) is 0 Å². The lowest BCUT2D eigenvalue weighted by atomic mass is 9.92. The van der Waals surface area contributed by atoms with E-state index in [4.69, 9.17) is 0 Å². The molecule has 0 unspecified atom stereocenters. The lowest BCUT2D eigenvalue weighted by Gasteiger charge is -2.31. The average Bonchev–Trinajstić information content (AvgIpc) is 2.73. The first-order chi connectivity index (χ1) is 11.1. The zero-order valence-electron chi connectivity index (χ0n) is 13.9. The summed E-state index contributed by atoms with van der Waals surface area (Å²) in [5, 5.41) is 0. The fourth-order valence-corrected chi connectivity index (χ4v) is 3.77. The third-order valence-electron chi connectivity index (χ3n) is 5.53. The van der Waals surface area contributed by atoms with Crippen LogP contribution >= 0.6 is 0 Å². The molecule has 0 aromatic carbocycles. The molecule has 2 fully saturated rings. The van der Waals surface area contributed by atoms with Crippen LogP contribution in [0.5, 0.6) is 0 Å². The molecule has 2 saturated carbocycles. The van der Waals surface area contributed by atoms with Crippen LogP contribution in [0.4, 0.5) is 0 Å². The largest absolute Gasteiger partial charge is 0.333 e. The highest BCUT2D eigenvalue weighted by Gasteiger charge is 2.31. The van der Waals surface area contributed by atoms with Gasteiger partial charge in [0, 0.05) is 18.6 Å². The van der Waals surface area contributed by atoms with Crippen molar-refractivity contribution < 1.29 is 0 Å². The normalized spacial score (nSPS) is 19.0. The van der Waals surface area contributed by atoms with Crippen molar-refractivity contribution in [2.45, 2.75) is 77.4 Å². The van der Waals surface area contributed by atoms with Gasteiger partial charge in [0.1, 0.15) is 5.82 Å². The molecule has 2 aromatic heterocycles. The molecular weight excluding hydrogens is 292 g/mol. The molecular formula is C17H24N4O2. The second-order valence-electron chi connectivity index (χ2n) is 6.98. The SMILES string of the molecule is CCCn1c(C)nc2c1c(=O)n(C1CCC1)c(=O)n2C1CCC1. The minimum Gasteiger partial charge on any atom is -0.322 e. The molecule has 0 N–H and O–H groups in total. The second-order valence-corrected chi connectivity index (χ2v) is 6.98. The molecule has 2 heterocycles.